The number of amides is 1. The third-order valence-corrected chi connectivity index (χ3v) is 4.86. The molecule has 2 heterocycles. The van der Waals surface area contributed by atoms with E-state index in [2.05, 4.69) is 15.3 Å². The van der Waals surface area contributed by atoms with Crippen LogP contribution in [0.15, 0.2) is 54.9 Å². The molecule has 4 nitrogen and oxygen atoms in total. The van der Waals surface area contributed by atoms with E-state index in [4.69, 9.17) is 0 Å². The van der Waals surface area contributed by atoms with E-state index in [0.717, 1.165) is 17.1 Å². The van der Waals surface area contributed by atoms with Gasteiger partial charge in [-0.15, -0.1) is 11.3 Å². The highest BCUT2D eigenvalue weighted by molar-refractivity contribution is 7.15. The largest absolute Gasteiger partial charge is 0.433 e. The van der Waals surface area contributed by atoms with Crippen molar-refractivity contribution in [1.82, 2.24) is 15.3 Å². The zero-order valence-corrected chi connectivity index (χ0v) is 14.4. The second-order valence-corrected chi connectivity index (χ2v) is 6.62. The van der Waals surface area contributed by atoms with Gasteiger partial charge in [-0.1, -0.05) is 18.2 Å². The molecule has 1 amide bonds. The highest BCUT2D eigenvalue weighted by atomic mass is 32.1. The summed E-state index contributed by atoms with van der Waals surface area (Å²) in [6, 6.07) is 10.9. The van der Waals surface area contributed by atoms with Gasteiger partial charge in [0.1, 0.15) is 10.7 Å². The molecule has 0 aliphatic rings. The van der Waals surface area contributed by atoms with Crippen LogP contribution in [0.1, 0.15) is 33.9 Å². The van der Waals surface area contributed by atoms with Crippen molar-refractivity contribution in [3.63, 3.8) is 0 Å². The summed E-state index contributed by atoms with van der Waals surface area (Å²) in [5.74, 6) is -0.226. The third-order valence-electron chi connectivity index (χ3n) is 3.63. The first-order valence-corrected chi connectivity index (χ1v) is 8.51. The minimum atomic E-state index is -4.51. The number of halogens is 3. The molecule has 134 valence electrons. The van der Waals surface area contributed by atoms with Gasteiger partial charge in [0, 0.05) is 28.4 Å². The van der Waals surface area contributed by atoms with Crippen LogP contribution in [0.5, 0.6) is 0 Å². The van der Waals surface area contributed by atoms with Crippen LogP contribution in [-0.4, -0.2) is 15.9 Å². The summed E-state index contributed by atoms with van der Waals surface area (Å²) in [7, 11) is 0. The predicted octanol–water partition coefficient (Wildman–Crippen LogP) is 4.71. The summed E-state index contributed by atoms with van der Waals surface area (Å²) < 4.78 is 38.4. The molecular weight excluding hydrogens is 363 g/mol. The number of thiazole rings is 1. The number of pyridine rings is 1. The number of aromatic nitrogens is 2. The van der Waals surface area contributed by atoms with Crippen molar-refractivity contribution in [2.75, 3.05) is 0 Å². The zero-order chi connectivity index (χ0) is 18.7. The zero-order valence-electron chi connectivity index (χ0n) is 13.6. The Morgan fingerprint density at radius 1 is 1.15 bits per heavy atom. The van der Waals surface area contributed by atoms with Crippen molar-refractivity contribution in [3.05, 3.63) is 71.0 Å². The van der Waals surface area contributed by atoms with Gasteiger partial charge in [-0.05, 0) is 31.2 Å². The van der Waals surface area contributed by atoms with Crippen molar-refractivity contribution in [3.8, 4) is 10.6 Å². The van der Waals surface area contributed by atoms with E-state index < -0.39 is 11.9 Å². The van der Waals surface area contributed by atoms with E-state index in [1.807, 2.05) is 6.07 Å². The SMILES string of the molecule is CC(NC(=O)c1ccccc1)c1cnc(-c2ccnc(C(F)(F)F)c2)s1. The average Bonchev–Trinajstić information content (AvgIpc) is 3.12. The lowest BCUT2D eigenvalue weighted by Gasteiger charge is -2.11. The fourth-order valence-corrected chi connectivity index (χ4v) is 3.19. The average molecular weight is 377 g/mol. The topological polar surface area (TPSA) is 54.9 Å². The Kier molecular flexibility index (Phi) is 5.03. The molecule has 2 aromatic heterocycles. The molecule has 0 spiro atoms. The smallest absolute Gasteiger partial charge is 0.345 e. The lowest BCUT2D eigenvalue weighted by atomic mass is 10.2. The normalized spacial score (nSPS) is 12.6. The summed E-state index contributed by atoms with van der Waals surface area (Å²) >= 11 is 1.23. The van der Waals surface area contributed by atoms with Crippen LogP contribution in [0.2, 0.25) is 0 Å². The predicted molar refractivity (Wildman–Crippen MR) is 92.7 cm³/mol. The summed E-state index contributed by atoms with van der Waals surface area (Å²) in [4.78, 5) is 20.5. The van der Waals surface area contributed by atoms with E-state index in [9.17, 15) is 18.0 Å². The van der Waals surface area contributed by atoms with Gasteiger partial charge >= 0.3 is 6.18 Å². The molecule has 8 heteroatoms. The van der Waals surface area contributed by atoms with Crippen molar-refractivity contribution >= 4 is 17.2 Å². The molecule has 0 radical (unpaired) electrons. The number of hydrogen-bond donors (Lipinski definition) is 1. The van der Waals surface area contributed by atoms with E-state index in [1.165, 1.54) is 17.4 Å². The summed E-state index contributed by atoms with van der Waals surface area (Å²) in [5, 5.41) is 3.29. The van der Waals surface area contributed by atoms with Crippen molar-refractivity contribution in [2.24, 2.45) is 0 Å². The summed E-state index contributed by atoms with van der Waals surface area (Å²) in [6.45, 7) is 1.80. The summed E-state index contributed by atoms with van der Waals surface area (Å²) in [5.41, 5.74) is -0.0876. The van der Waals surface area contributed by atoms with Crippen LogP contribution < -0.4 is 5.32 Å². The monoisotopic (exact) mass is 377 g/mol. The Morgan fingerprint density at radius 2 is 1.88 bits per heavy atom. The Morgan fingerprint density at radius 3 is 2.58 bits per heavy atom. The molecule has 1 N–H and O–H groups in total. The van der Waals surface area contributed by atoms with Gasteiger partial charge in [-0.3, -0.25) is 9.78 Å². The Hall–Kier alpha value is -2.74. The fraction of sp³-hybridized carbons (Fsp3) is 0.167. The van der Waals surface area contributed by atoms with Gasteiger partial charge in [-0.25, -0.2) is 4.98 Å². The number of hydrogen-bond acceptors (Lipinski definition) is 4. The molecule has 1 unspecified atom stereocenters. The third kappa shape index (κ3) is 4.08. The van der Waals surface area contributed by atoms with Gasteiger partial charge in [-0.2, -0.15) is 13.2 Å². The van der Waals surface area contributed by atoms with Gasteiger partial charge in [0.05, 0.1) is 6.04 Å². The van der Waals surface area contributed by atoms with Crippen LogP contribution in [0, 0.1) is 0 Å². The Labute approximate surface area is 151 Å². The number of carbonyl (C=O) groups excluding carboxylic acids is 1. The van der Waals surface area contributed by atoms with Crippen LogP contribution in [0.3, 0.4) is 0 Å². The molecule has 1 atom stereocenters. The van der Waals surface area contributed by atoms with E-state index >= 15 is 0 Å². The molecule has 0 saturated heterocycles. The van der Waals surface area contributed by atoms with E-state index in [-0.39, 0.29) is 11.9 Å². The van der Waals surface area contributed by atoms with Gasteiger partial charge in [0.25, 0.3) is 5.91 Å². The first-order chi connectivity index (χ1) is 12.3. The van der Waals surface area contributed by atoms with Crippen molar-refractivity contribution < 1.29 is 18.0 Å². The minimum Gasteiger partial charge on any atom is -0.345 e. The molecular formula is C18H14F3N3OS. The van der Waals surface area contributed by atoms with Crippen LogP contribution in [0.25, 0.3) is 10.6 Å². The molecule has 0 saturated carbocycles. The number of nitrogens with zero attached hydrogens (tertiary/aromatic N) is 2. The molecule has 1 aromatic carbocycles. The lowest BCUT2D eigenvalue weighted by Crippen LogP contribution is -2.25. The maximum atomic E-state index is 12.8. The van der Waals surface area contributed by atoms with Gasteiger partial charge in [0.15, 0.2) is 0 Å². The number of nitrogens with one attached hydrogen (secondary N) is 1. The first kappa shape index (κ1) is 18.1. The van der Waals surface area contributed by atoms with Gasteiger partial charge in [0.2, 0.25) is 0 Å². The Balaban J connectivity index is 1.76. The fourth-order valence-electron chi connectivity index (χ4n) is 2.28. The number of benzene rings is 1. The highest BCUT2D eigenvalue weighted by Gasteiger charge is 2.32. The number of carbonyl (C=O) groups is 1. The number of rotatable bonds is 4. The molecule has 3 aromatic rings. The molecule has 0 bridgehead atoms. The molecule has 0 aliphatic heterocycles. The van der Waals surface area contributed by atoms with Crippen LogP contribution >= 0.6 is 11.3 Å². The standard InChI is InChI=1S/C18H14F3N3OS/c1-11(24-16(25)12-5-3-2-4-6-12)14-10-23-17(26-14)13-7-8-22-15(9-13)18(19,20)21/h2-11H,1H3,(H,24,25). The van der Waals surface area contributed by atoms with Gasteiger partial charge < -0.3 is 5.32 Å². The highest BCUT2D eigenvalue weighted by Crippen LogP contribution is 2.33. The minimum absolute atomic E-state index is 0.226. The molecule has 3 rings (SSSR count). The maximum Gasteiger partial charge on any atom is 0.433 e. The van der Waals surface area contributed by atoms with Crippen molar-refractivity contribution in [1.29, 1.82) is 0 Å². The molecule has 0 aliphatic carbocycles. The second kappa shape index (κ2) is 7.25. The maximum absolute atomic E-state index is 12.8. The van der Waals surface area contributed by atoms with E-state index in [1.54, 1.807) is 37.4 Å². The van der Waals surface area contributed by atoms with Crippen LogP contribution in [0.4, 0.5) is 13.2 Å². The molecule has 0 fully saturated rings. The summed E-state index contributed by atoms with van der Waals surface area (Å²) in [6.07, 6.45) is -1.84. The second-order valence-electron chi connectivity index (χ2n) is 5.56. The quantitative estimate of drug-likeness (QED) is 0.716. The van der Waals surface area contributed by atoms with Crippen molar-refractivity contribution in [2.45, 2.75) is 19.1 Å². The molecule has 26 heavy (non-hydrogen) atoms. The first-order valence-electron chi connectivity index (χ1n) is 7.70. The number of alkyl halides is 3. The van der Waals surface area contributed by atoms with Crippen LogP contribution in [-0.2, 0) is 6.18 Å². The Bertz CT molecular complexity index is 909. The lowest BCUT2D eigenvalue weighted by molar-refractivity contribution is -0.141. The van der Waals surface area contributed by atoms with E-state index in [0.29, 0.717) is 16.1 Å².